The smallest absolute Gasteiger partial charge is 0.338 e. The van der Waals surface area contributed by atoms with E-state index in [2.05, 4.69) is 0 Å². The number of hydrogen-bond donors (Lipinski definition) is 0. The molecule has 2 aromatic rings. The van der Waals surface area contributed by atoms with E-state index in [-0.39, 0.29) is 47.3 Å². The SMILES string of the molecule is CCOC(=O)c1ccccc1C(=O)C1CN(S(=O)(=O)c2ccc(C)cc2)CC2=C1CCCC2=O. The number of ether oxygens (including phenoxy) is 1. The van der Waals surface area contributed by atoms with Crippen LogP contribution in [0.5, 0.6) is 0 Å². The van der Waals surface area contributed by atoms with Crippen molar-refractivity contribution in [2.45, 2.75) is 38.0 Å². The number of esters is 1. The molecule has 2 aromatic carbocycles. The van der Waals surface area contributed by atoms with Crippen molar-refractivity contribution in [1.82, 2.24) is 4.31 Å². The lowest BCUT2D eigenvalue weighted by atomic mass is 9.77. The van der Waals surface area contributed by atoms with Gasteiger partial charge < -0.3 is 4.74 Å². The standard InChI is InChI=1S/C26H27NO6S/c1-3-33-26(30)21-8-5-4-7-20(21)25(29)23-16-27(15-22-19(23)9-6-10-24(22)28)34(31,32)18-13-11-17(2)12-14-18/h4-5,7-8,11-14,23H,3,6,9-10,15-16H2,1-2H3. The van der Waals surface area contributed by atoms with Crippen LogP contribution in [-0.4, -0.2) is 50.0 Å². The van der Waals surface area contributed by atoms with Crippen molar-refractivity contribution in [3.63, 3.8) is 0 Å². The summed E-state index contributed by atoms with van der Waals surface area (Å²) in [5.74, 6) is -1.96. The predicted octanol–water partition coefficient (Wildman–Crippen LogP) is 3.72. The highest BCUT2D eigenvalue weighted by molar-refractivity contribution is 7.89. The van der Waals surface area contributed by atoms with Crippen LogP contribution in [0.15, 0.2) is 64.6 Å². The van der Waals surface area contributed by atoms with Gasteiger partial charge in [-0.15, -0.1) is 0 Å². The Morgan fingerprint density at radius 2 is 1.71 bits per heavy atom. The molecule has 0 saturated heterocycles. The zero-order valence-electron chi connectivity index (χ0n) is 19.2. The van der Waals surface area contributed by atoms with Crippen LogP contribution in [0.25, 0.3) is 0 Å². The molecular formula is C26H27NO6S. The first kappa shape index (κ1) is 24.0. The molecule has 2 aliphatic rings. The van der Waals surface area contributed by atoms with Crippen molar-refractivity contribution in [3.05, 3.63) is 76.4 Å². The number of benzene rings is 2. The van der Waals surface area contributed by atoms with Gasteiger partial charge in [0.15, 0.2) is 11.6 Å². The van der Waals surface area contributed by atoms with E-state index in [1.807, 2.05) is 6.92 Å². The van der Waals surface area contributed by atoms with Gasteiger partial charge in [0.05, 0.1) is 23.0 Å². The van der Waals surface area contributed by atoms with Crippen molar-refractivity contribution < 1.29 is 27.5 Å². The number of aryl methyl sites for hydroxylation is 1. The second kappa shape index (κ2) is 9.64. The second-order valence-corrected chi connectivity index (χ2v) is 10.5. The van der Waals surface area contributed by atoms with E-state index in [1.165, 1.54) is 22.5 Å². The van der Waals surface area contributed by atoms with Crippen molar-refractivity contribution in [1.29, 1.82) is 0 Å². The van der Waals surface area contributed by atoms with Crippen LogP contribution in [0.1, 0.15) is 52.5 Å². The van der Waals surface area contributed by atoms with Crippen molar-refractivity contribution in [2.75, 3.05) is 19.7 Å². The van der Waals surface area contributed by atoms with Gasteiger partial charge in [-0.05, 0) is 50.5 Å². The van der Waals surface area contributed by atoms with E-state index in [1.54, 1.807) is 37.3 Å². The van der Waals surface area contributed by atoms with Crippen LogP contribution in [0.4, 0.5) is 0 Å². The fraction of sp³-hybridized carbons (Fsp3) is 0.346. The molecule has 0 radical (unpaired) electrons. The Kier molecular flexibility index (Phi) is 6.81. The molecule has 1 unspecified atom stereocenters. The van der Waals surface area contributed by atoms with Gasteiger partial charge in [-0.3, -0.25) is 9.59 Å². The number of Topliss-reactive ketones (excluding diaryl/α,β-unsaturated/α-hetero) is 2. The normalized spacial score (nSPS) is 19.0. The summed E-state index contributed by atoms with van der Waals surface area (Å²) in [4.78, 5) is 39.1. The summed E-state index contributed by atoms with van der Waals surface area (Å²) in [6.07, 6.45) is 1.50. The maximum absolute atomic E-state index is 13.8. The minimum atomic E-state index is -3.93. The highest BCUT2D eigenvalue weighted by Crippen LogP contribution is 2.37. The largest absolute Gasteiger partial charge is 0.462 e. The summed E-state index contributed by atoms with van der Waals surface area (Å²) in [5, 5.41) is 0. The van der Waals surface area contributed by atoms with Crippen LogP contribution in [0.3, 0.4) is 0 Å². The van der Waals surface area contributed by atoms with Crippen LogP contribution in [0.2, 0.25) is 0 Å². The fourth-order valence-corrected chi connectivity index (χ4v) is 6.03. The van der Waals surface area contributed by atoms with Crippen LogP contribution in [-0.2, 0) is 19.6 Å². The molecule has 0 N–H and O–H groups in total. The van der Waals surface area contributed by atoms with Gasteiger partial charge in [-0.1, -0.05) is 35.9 Å². The van der Waals surface area contributed by atoms with Gasteiger partial charge in [0, 0.05) is 30.6 Å². The molecule has 1 heterocycles. The van der Waals surface area contributed by atoms with Crippen LogP contribution < -0.4 is 0 Å². The molecule has 0 fully saturated rings. The Hall–Kier alpha value is -3.10. The third-order valence-corrected chi connectivity index (χ3v) is 8.20. The maximum Gasteiger partial charge on any atom is 0.338 e. The zero-order valence-corrected chi connectivity index (χ0v) is 20.1. The minimum Gasteiger partial charge on any atom is -0.462 e. The first-order chi connectivity index (χ1) is 16.2. The lowest BCUT2D eigenvalue weighted by molar-refractivity contribution is -0.116. The molecule has 4 rings (SSSR count). The number of hydrogen-bond acceptors (Lipinski definition) is 6. The zero-order chi connectivity index (χ0) is 24.5. The fourth-order valence-electron chi connectivity index (χ4n) is 4.61. The van der Waals surface area contributed by atoms with Gasteiger partial charge in [-0.2, -0.15) is 4.31 Å². The number of nitrogens with zero attached hydrogens (tertiary/aromatic N) is 1. The minimum absolute atomic E-state index is 0.0479. The van der Waals surface area contributed by atoms with Crippen molar-refractivity contribution in [3.8, 4) is 0 Å². The quantitative estimate of drug-likeness (QED) is 0.461. The molecule has 34 heavy (non-hydrogen) atoms. The Balaban J connectivity index is 1.77. The van der Waals surface area contributed by atoms with Crippen molar-refractivity contribution >= 4 is 27.6 Å². The lowest BCUT2D eigenvalue weighted by Gasteiger charge is -2.36. The van der Waals surface area contributed by atoms with Crippen molar-refractivity contribution in [2.24, 2.45) is 5.92 Å². The van der Waals surface area contributed by atoms with E-state index in [9.17, 15) is 22.8 Å². The van der Waals surface area contributed by atoms with Gasteiger partial charge in [0.25, 0.3) is 0 Å². The third-order valence-electron chi connectivity index (χ3n) is 6.38. The summed E-state index contributed by atoms with van der Waals surface area (Å²) < 4.78 is 33.2. The molecule has 7 nitrogen and oxygen atoms in total. The summed E-state index contributed by atoms with van der Waals surface area (Å²) in [7, 11) is -3.93. The number of carbonyl (C=O) groups is 3. The van der Waals surface area contributed by atoms with Crippen LogP contribution >= 0.6 is 0 Å². The summed E-state index contributed by atoms with van der Waals surface area (Å²) >= 11 is 0. The van der Waals surface area contributed by atoms with Gasteiger partial charge >= 0.3 is 5.97 Å². The molecule has 0 amide bonds. The first-order valence-electron chi connectivity index (χ1n) is 11.4. The van der Waals surface area contributed by atoms with E-state index < -0.39 is 21.9 Å². The topological polar surface area (TPSA) is 97.8 Å². The molecule has 0 aromatic heterocycles. The summed E-state index contributed by atoms with van der Waals surface area (Å²) in [6, 6.07) is 12.9. The molecule has 1 aliphatic carbocycles. The molecule has 8 heteroatoms. The average Bonchev–Trinajstić information content (AvgIpc) is 2.83. The predicted molar refractivity (Wildman–Crippen MR) is 126 cm³/mol. The summed E-state index contributed by atoms with van der Waals surface area (Å²) in [6.45, 7) is 3.58. The summed E-state index contributed by atoms with van der Waals surface area (Å²) in [5.41, 5.74) is 2.33. The third kappa shape index (κ3) is 4.48. The second-order valence-electron chi connectivity index (χ2n) is 8.57. The monoisotopic (exact) mass is 481 g/mol. The highest BCUT2D eigenvalue weighted by Gasteiger charge is 2.41. The van der Waals surface area contributed by atoms with E-state index >= 15 is 0 Å². The maximum atomic E-state index is 13.8. The number of carbonyl (C=O) groups excluding carboxylic acids is 3. The molecular weight excluding hydrogens is 454 g/mol. The Morgan fingerprint density at radius 3 is 2.38 bits per heavy atom. The molecule has 0 bridgehead atoms. The van der Waals surface area contributed by atoms with Gasteiger partial charge in [0.2, 0.25) is 10.0 Å². The molecule has 0 spiro atoms. The number of ketones is 2. The lowest BCUT2D eigenvalue weighted by Crippen LogP contribution is -2.46. The Bertz CT molecular complexity index is 1280. The molecule has 0 saturated carbocycles. The van der Waals surface area contributed by atoms with Gasteiger partial charge in [0.1, 0.15) is 0 Å². The Labute approximate surface area is 199 Å². The Morgan fingerprint density at radius 1 is 1.03 bits per heavy atom. The number of sulfonamides is 1. The van der Waals surface area contributed by atoms with Crippen LogP contribution in [0, 0.1) is 12.8 Å². The van der Waals surface area contributed by atoms with E-state index in [4.69, 9.17) is 4.74 Å². The molecule has 1 aliphatic heterocycles. The molecule has 1 atom stereocenters. The first-order valence-corrected chi connectivity index (χ1v) is 12.8. The van der Waals surface area contributed by atoms with E-state index in [0.29, 0.717) is 30.4 Å². The highest BCUT2D eigenvalue weighted by atomic mass is 32.2. The molecule has 178 valence electrons. The average molecular weight is 482 g/mol. The van der Waals surface area contributed by atoms with E-state index in [0.717, 1.165) is 5.56 Å². The number of rotatable bonds is 6. The van der Waals surface area contributed by atoms with Gasteiger partial charge in [-0.25, -0.2) is 13.2 Å².